The van der Waals surface area contributed by atoms with Crippen LogP contribution < -0.4 is 11.5 Å². The molecule has 0 spiro atoms. The average molecular weight is 311 g/mol. The van der Waals surface area contributed by atoms with Crippen LogP contribution in [0.5, 0.6) is 0 Å². The molecule has 0 unspecified atom stereocenters. The van der Waals surface area contributed by atoms with Gasteiger partial charge in [0.2, 0.25) is 0 Å². The standard InChI is InChI=1S/2C2H6N2.Pt/c2*1-2(3)4;/h2*1H3,(H3,3,4);. The van der Waals surface area contributed by atoms with Crippen molar-refractivity contribution in [2.75, 3.05) is 0 Å². The Bertz CT molecular complexity index is 70.6. The molecule has 0 radical (unpaired) electrons. The van der Waals surface area contributed by atoms with Crippen LogP contribution in [0.15, 0.2) is 0 Å². The summed E-state index contributed by atoms with van der Waals surface area (Å²) in [5, 5.41) is 12.6. The van der Waals surface area contributed by atoms with E-state index in [0.29, 0.717) is 0 Å². The van der Waals surface area contributed by atoms with Crippen LogP contribution in [0.3, 0.4) is 0 Å². The molecule has 0 atom stereocenters. The van der Waals surface area contributed by atoms with E-state index in [1.807, 2.05) is 0 Å². The molecule has 0 aromatic rings. The summed E-state index contributed by atoms with van der Waals surface area (Å²) in [5.74, 6) is 0.333. The number of rotatable bonds is 0. The van der Waals surface area contributed by atoms with Crippen LogP contribution in [0.2, 0.25) is 0 Å². The van der Waals surface area contributed by atoms with Crippen LogP contribution in [0, 0.1) is 10.8 Å². The molecule has 0 bridgehead atoms. The van der Waals surface area contributed by atoms with Crippen molar-refractivity contribution in [3.63, 3.8) is 0 Å². The summed E-state index contributed by atoms with van der Waals surface area (Å²) in [7, 11) is 0. The number of amidine groups is 2. The molecule has 6 N–H and O–H groups in total. The fourth-order valence-corrected chi connectivity index (χ4v) is 0. The van der Waals surface area contributed by atoms with Crippen molar-refractivity contribution in [2.45, 2.75) is 13.8 Å². The maximum Gasteiger partial charge on any atom is 0.0873 e. The maximum atomic E-state index is 6.28. The maximum absolute atomic E-state index is 6.28. The van der Waals surface area contributed by atoms with Crippen molar-refractivity contribution in [2.24, 2.45) is 11.5 Å². The zero-order chi connectivity index (χ0) is 7.15. The summed E-state index contributed by atoms with van der Waals surface area (Å²) >= 11 is 0. The third kappa shape index (κ3) is 1750. The molecule has 0 fully saturated rings. The first kappa shape index (κ1) is 15.8. The summed E-state index contributed by atoms with van der Waals surface area (Å²) in [6.07, 6.45) is 0. The topological polar surface area (TPSA) is 99.7 Å². The molecule has 58 valence electrons. The summed E-state index contributed by atoms with van der Waals surface area (Å²) in [6, 6.07) is 0. The van der Waals surface area contributed by atoms with Crippen molar-refractivity contribution in [3.8, 4) is 0 Å². The SMILES string of the molecule is CC(=N)N.CC(=N)N.[Pt]. The Kier molecular flexibility index (Phi) is 18.6. The van der Waals surface area contributed by atoms with Crippen molar-refractivity contribution < 1.29 is 21.1 Å². The van der Waals surface area contributed by atoms with Gasteiger partial charge in [-0.3, -0.25) is 10.8 Å². The Balaban J connectivity index is -0.0000000720. The number of hydrogen-bond acceptors (Lipinski definition) is 2. The van der Waals surface area contributed by atoms with Crippen molar-refractivity contribution in [1.82, 2.24) is 0 Å². The Morgan fingerprint density at radius 3 is 1.00 bits per heavy atom. The van der Waals surface area contributed by atoms with Crippen molar-refractivity contribution in [3.05, 3.63) is 0 Å². The number of nitrogens with one attached hydrogen (secondary N) is 2. The Morgan fingerprint density at radius 2 is 1.00 bits per heavy atom. The van der Waals surface area contributed by atoms with E-state index >= 15 is 0 Å². The van der Waals surface area contributed by atoms with E-state index < -0.39 is 0 Å². The van der Waals surface area contributed by atoms with Gasteiger partial charge in [-0.15, -0.1) is 0 Å². The molecule has 0 aliphatic carbocycles. The van der Waals surface area contributed by atoms with Gasteiger partial charge < -0.3 is 11.5 Å². The van der Waals surface area contributed by atoms with Gasteiger partial charge in [-0.2, -0.15) is 0 Å². The fourth-order valence-electron chi connectivity index (χ4n) is 0. The van der Waals surface area contributed by atoms with E-state index in [0.717, 1.165) is 0 Å². The van der Waals surface area contributed by atoms with E-state index in [-0.39, 0.29) is 32.7 Å². The van der Waals surface area contributed by atoms with E-state index in [2.05, 4.69) is 0 Å². The third-order valence-corrected chi connectivity index (χ3v) is 0. The van der Waals surface area contributed by atoms with Gasteiger partial charge in [0.1, 0.15) is 0 Å². The van der Waals surface area contributed by atoms with Crippen LogP contribution in [-0.2, 0) is 21.1 Å². The molecule has 0 rings (SSSR count). The van der Waals surface area contributed by atoms with Gasteiger partial charge in [0, 0.05) is 21.1 Å². The molecule has 0 amide bonds. The molecule has 0 saturated carbocycles. The van der Waals surface area contributed by atoms with Gasteiger partial charge in [0.05, 0.1) is 11.7 Å². The van der Waals surface area contributed by atoms with Gasteiger partial charge in [-0.1, -0.05) is 0 Å². The minimum Gasteiger partial charge on any atom is -0.388 e. The molecular formula is C4H12N4Pt. The predicted octanol–water partition coefficient (Wildman–Crippen LogP) is -0.118. The summed E-state index contributed by atoms with van der Waals surface area (Å²) in [5.41, 5.74) is 9.39. The summed E-state index contributed by atoms with van der Waals surface area (Å²) in [4.78, 5) is 0. The minimum atomic E-state index is 0. The molecule has 5 heteroatoms. The Morgan fingerprint density at radius 1 is 1.00 bits per heavy atom. The first-order valence-corrected chi connectivity index (χ1v) is 2.08. The van der Waals surface area contributed by atoms with Gasteiger partial charge in [-0.25, -0.2) is 0 Å². The van der Waals surface area contributed by atoms with Gasteiger partial charge >= 0.3 is 0 Å². The second-order valence-corrected chi connectivity index (χ2v) is 1.37. The second-order valence-electron chi connectivity index (χ2n) is 1.37. The second kappa shape index (κ2) is 10.6. The van der Waals surface area contributed by atoms with E-state index in [9.17, 15) is 0 Å². The first-order chi connectivity index (χ1) is 3.46. The molecular weight excluding hydrogens is 299 g/mol. The zero-order valence-electron chi connectivity index (χ0n) is 5.47. The molecule has 0 aromatic carbocycles. The van der Waals surface area contributed by atoms with Crippen LogP contribution in [0.25, 0.3) is 0 Å². The minimum absolute atomic E-state index is 0. The fraction of sp³-hybridized carbons (Fsp3) is 0.500. The summed E-state index contributed by atoms with van der Waals surface area (Å²) in [6.45, 7) is 3.06. The van der Waals surface area contributed by atoms with Crippen LogP contribution >= 0.6 is 0 Å². The number of nitrogens with two attached hydrogens (primary N) is 2. The normalized spacial score (nSPS) is 5.56. The molecule has 0 aromatic heterocycles. The van der Waals surface area contributed by atoms with Crippen molar-refractivity contribution in [1.29, 1.82) is 10.8 Å². The third-order valence-electron chi connectivity index (χ3n) is 0. The largest absolute Gasteiger partial charge is 0.388 e. The van der Waals surface area contributed by atoms with Gasteiger partial charge in [0.25, 0.3) is 0 Å². The quantitative estimate of drug-likeness (QED) is 0.370. The first-order valence-electron chi connectivity index (χ1n) is 2.08. The molecule has 4 nitrogen and oxygen atoms in total. The predicted molar refractivity (Wildman–Crippen MR) is 35.2 cm³/mol. The van der Waals surface area contributed by atoms with E-state index in [1.54, 1.807) is 0 Å². The van der Waals surface area contributed by atoms with Crippen molar-refractivity contribution >= 4 is 11.7 Å². The molecule has 0 aliphatic rings. The molecule has 0 aliphatic heterocycles. The summed E-state index contributed by atoms with van der Waals surface area (Å²) < 4.78 is 0. The van der Waals surface area contributed by atoms with Crippen LogP contribution in [-0.4, -0.2) is 11.7 Å². The van der Waals surface area contributed by atoms with E-state index in [1.165, 1.54) is 13.8 Å². The molecule has 0 heterocycles. The van der Waals surface area contributed by atoms with Crippen LogP contribution in [0.4, 0.5) is 0 Å². The molecule has 9 heavy (non-hydrogen) atoms. The average Bonchev–Trinajstić information content (AvgIpc) is 1.25. The van der Waals surface area contributed by atoms with Crippen LogP contribution in [0.1, 0.15) is 13.8 Å². The van der Waals surface area contributed by atoms with Gasteiger partial charge in [0.15, 0.2) is 0 Å². The monoisotopic (exact) mass is 311 g/mol. The number of hydrogen-bond donors (Lipinski definition) is 4. The Hall–Kier alpha value is -0.372. The Labute approximate surface area is 69.3 Å². The van der Waals surface area contributed by atoms with Gasteiger partial charge in [-0.05, 0) is 13.8 Å². The molecule has 0 saturated heterocycles. The zero-order valence-corrected chi connectivity index (χ0v) is 7.74. The van der Waals surface area contributed by atoms with E-state index in [4.69, 9.17) is 22.3 Å². The smallest absolute Gasteiger partial charge is 0.0873 e.